The number of aromatic carboxylic acids is 1. The van der Waals surface area contributed by atoms with Gasteiger partial charge in [0.05, 0.1) is 23.8 Å². The number of fused-ring (bicyclic) bond motifs is 1. The van der Waals surface area contributed by atoms with E-state index in [2.05, 4.69) is 0 Å². The van der Waals surface area contributed by atoms with Crippen LogP contribution in [0.15, 0.2) is 12.1 Å². The number of carboxylic acids is 1. The van der Waals surface area contributed by atoms with E-state index in [1.165, 1.54) is 0 Å². The van der Waals surface area contributed by atoms with Crippen LogP contribution in [0.5, 0.6) is 0 Å². The molecule has 3 N–H and O–H groups in total. The van der Waals surface area contributed by atoms with E-state index in [0.29, 0.717) is 17.6 Å². The minimum Gasteiger partial charge on any atom is -0.478 e. The maximum atomic E-state index is 11.5. The SMILES string of the molecule is Cc1ccc2c(C(C)O)c(C)n(CCO)c2c1C(=O)O. The Morgan fingerprint density at radius 3 is 2.50 bits per heavy atom. The highest BCUT2D eigenvalue weighted by Gasteiger charge is 2.23. The molecule has 0 spiro atoms. The van der Waals surface area contributed by atoms with Gasteiger partial charge in [-0.3, -0.25) is 0 Å². The van der Waals surface area contributed by atoms with Crippen molar-refractivity contribution in [2.75, 3.05) is 6.61 Å². The van der Waals surface area contributed by atoms with Crippen molar-refractivity contribution in [2.24, 2.45) is 0 Å². The van der Waals surface area contributed by atoms with Crippen LogP contribution in [0.4, 0.5) is 0 Å². The molecule has 0 amide bonds. The number of hydrogen-bond donors (Lipinski definition) is 3. The number of hydrogen-bond acceptors (Lipinski definition) is 3. The number of carboxylic acid groups (broad SMARTS) is 1. The lowest BCUT2D eigenvalue weighted by atomic mass is 10.0. The van der Waals surface area contributed by atoms with Gasteiger partial charge in [0.1, 0.15) is 0 Å². The van der Waals surface area contributed by atoms with Crippen LogP contribution in [-0.4, -0.2) is 32.5 Å². The predicted octanol–water partition coefficient (Wildman–Crippen LogP) is 2.00. The summed E-state index contributed by atoms with van der Waals surface area (Å²) in [4.78, 5) is 11.5. The number of aliphatic hydroxyl groups is 2. The van der Waals surface area contributed by atoms with E-state index >= 15 is 0 Å². The fraction of sp³-hybridized carbons (Fsp3) is 0.400. The third-order valence-corrected chi connectivity index (χ3v) is 3.70. The Morgan fingerprint density at radius 1 is 1.35 bits per heavy atom. The summed E-state index contributed by atoms with van der Waals surface area (Å²) in [6.07, 6.45) is -0.693. The van der Waals surface area contributed by atoms with Crippen LogP contribution in [0, 0.1) is 13.8 Å². The van der Waals surface area contributed by atoms with Gasteiger partial charge in [-0.2, -0.15) is 0 Å². The number of benzene rings is 1. The smallest absolute Gasteiger partial charge is 0.338 e. The van der Waals surface area contributed by atoms with Gasteiger partial charge in [0, 0.05) is 23.2 Å². The zero-order chi connectivity index (χ0) is 15.0. The van der Waals surface area contributed by atoms with Crippen molar-refractivity contribution in [1.82, 2.24) is 4.57 Å². The molecule has 0 aliphatic heterocycles. The van der Waals surface area contributed by atoms with Gasteiger partial charge >= 0.3 is 5.97 Å². The van der Waals surface area contributed by atoms with Crippen LogP contribution < -0.4 is 0 Å². The highest BCUT2D eigenvalue weighted by atomic mass is 16.4. The molecule has 0 radical (unpaired) electrons. The fourth-order valence-electron chi connectivity index (χ4n) is 2.87. The lowest BCUT2D eigenvalue weighted by Gasteiger charge is -2.10. The summed E-state index contributed by atoms with van der Waals surface area (Å²) in [6, 6.07) is 3.58. The van der Waals surface area contributed by atoms with Gasteiger partial charge in [0.25, 0.3) is 0 Å². The van der Waals surface area contributed by atoms with Gasteiger partial charge in [-0.05, 0) is 26.3 Å². The molecule has 0 bridgehead atoms. The lowest BCUT2D eigenvalue weighted by molar-refractivity contribution is 0.0697. The number of aryl methyl sites for hydroxylation is 1. The lowest BCUT2D eigenvalue weighted by Crippen LogP contribution is -2.09. The second kappa shape index (κ2) is 5.26. The van der Waals surface area contributed by atoms with E-state index in [4.69, 9.17) is 0 Å². The molecule has 0 aliphatic rings. The normalized spacial score (nSPS) is 12.8. The summed E-state index contributed by atoms with van der Waals surface area (Å²) < 4.78 is 1.77. The minimum absolute atomic E-state index is 0.0864. The Balaban J connectivity index is 2.97. The molecule has 5 nitrogen and oxygen atoms in total. The van der Waals surface area contributed by atoms with E-state index in [-0.39, 0.29) is 12.2 Å². The van der Waals surface area contributed by atoms with E-state index in [1.54, 1.807) is 24.5 Å². The molecule has 1 unspecified atom stereocenters. The monoisotopic (exact) mass is 277 g/mol. The molecular formula is C15H19NO4. The van der Waals surface area contributed by atoms with Crippen molar-refractivity contribution in [1.29, 1.82) is 0 Å². The van der Waals surface area contributed by atoms with Gasteiger partial charge in [-0.15, -0.1) is 0 Å². The van der Waals surface area contributed by atoms with Gasteiger partial charge in [-0.25, -0.2) is 4.79 Å². The Hall–Kier alpha value is -1.85. The van der Waals surface area contributed by atoms with Gasteiger partial charge in [0.15, 0.2) is 0 Å². The van der Waals surface area contributed by atoms with Crippen molar-refractivity contribution >= 4 is 16.9 Å². The number of nitrogens with zero attached hydrogens (tertiary/aromatic N) is 1. The molecule has 5 heteroatoms. The average Bonchev–Trinajstić information content (AvgIpc) is 2.62. The summed E-state index contributed by atoms with van der Waals surface area (Å²) in [6.45, 7) is 5.45. The minimum atomic E-state index is -0.998. The Labute approximate surface area is 117 Å². The van der Waals surface area contributed by atoms with Gasteiger partial charge in [-0.1, -0.05) is 12.1 Å². The van der Waals surface area contributed by atoms with Gasteiger partial charge < -0.3 is 19.9 Å². The molecule has 2 aromatic rings. The molecule has 1 atom stereocenters. The molecule has 1 heterocycles. The first-order valence-corrected chi connectivity index (χ1v) is 6.54. The van der Waals surface area contributed by atoms with Crippen LogP contribution in [0.1, 0.15) is 40.2 Å². The molecule has 20 heavy (non-hydrogen) atoms. The van der Waals surface area contributed by atoms with E-state index < -0.39 is 12.1 Å². The third kappa shape index (κ3) is 2.09. The summed E-state index contributed by atoms with van der Waals surface area (Å²) in [5, 5.41) is 29.4. The third-order valence-electron chi connectivity index (χ3n) is 3.70. The highest BCUT2D eigenvalue weighted by molar-refractivity contribution is 6.05. The maximum absolute atomic E-state index is 11.5. The summed E-state index contributed by atoms with van der Waals surface area (Å²) in [5.41, 5.74) is 2.97. The molecule has 0 aliphatic carbocycles. The number of carbonyl (C=O) groups is 1. The molecule has 1 aromatic carbocycles. The van der Waals surface area contributed by atoms with Crippen molar-refractivity contribution in [3.8, 4) is 0 Å². The Bertz CT molecular complexity index is 670. The molecular weight excluding hydrogens is 258 g/mol. The second-order valence-corrected chi connectivity index (χ2v) is 5.01. The van der Waals surface area contributed by atoms with E-state index in [0.717, 1.165) is 16.6 Å². The number of aromatic nitrogens is 1. The summed E-state index contributed by atoms with van der Waals surface area (Å²) in [5.74, 6) is -0.998. The fourth-order valence-corrected chi connectivity index (χ4v) is 2.87. The topological polar surface area (TPSA) is 82.7 Å². The van der Waals surface area contributed by atoms with Crippen molar-refractivity contribution < 1.29 is 20.1 Å². The molecule has 2 rings (SSSR count). The molecule has 108 valence electrons. The largest absolute Gasteiger partial charge is 0.478 e. The predicted molar refractivity (Wildman–Crippen MR) is 76.1 cm³/mol. The summed E-state index contributed by atoms with van der Waals surface area (Å²) in [7, 11) is 0. The quantitative estimate of drug-likeness (QED) is 0.798. The van der Waals surface area contributed by atoms with Crippen LogP contribution in [-0.2, 0) is 6.54 Å². The molecule has 0 saturated carbocycles. The first-order chi connectivity index (χ1) is 9.40. The first kappa shape index (κ1) is 14.6. The highest BCUT2D eigenvalue weighted by Crippen LogP contribution is 2.34. The van der Waals surface area contributed by atoms with Crippen LogP contribution >= 0.6 is 0 Å². The van der Waals surface area contributed by atoms with Crippen molar-refractivity contribution in [3.05, 3.63) is 34.5 Å². The molecule has 0 fully saturated rings. The molecule has 0 saturated heterocycles. The van der Waals surface area contributed by atoms with Crippen LogP contribution in [0.25, 0.3) is 10.9 Å². The van der Waals surface area contributed by atoms with Gasteiger partial charge in [0.2, 0.25) is 0 Å². The average molecular weight is 277 g/mol. The Morgan fingerprint density at radius 2 is 2.00 bits per heavy atom. The van der Waals surface area contributed by atoms with Crippen LogP contribution in [0.3, 0.4) is 0 Å². The molecule has 1 aromatic heterocycles. The second-order valence-electron chi connectivity index (χ2n) is 5.01. The van der Waals surface area contributed by atoms with Crippen LogP contribution in [0.2, 0.25) is 0 Å². The zero-order valence-electron chi connectivity index (χ0n) is 11.8. The van der Waals surface area contributed by atoms with E-state index in [9.17, 15) is 20.1 Å². The maximum Gasteiger partial charge on any atom is 0.338 e. The zero-order valence-corrected chi connectivity index (χ0v) is 11.8. The standard InChI is InChI=1S/C15H19NO4/c1-8-4-5-11-13(10(3)18)9(2)16(6-7-17)14(11)12(8)15(19)20/h4-5,10,17-18H,6-7H2,1-3H3,(H,19,20). The van der Waals surface area contributed by atoms with Crippen molar-refractivity contribution in [3.63, 3.8) is 0 Å². The number of aliphatic hydroxyl groups excluding tert-OH is 2. The number of rotatable bonds is 4. The van der Waals surface area contributed by atoms with Crippen molar-refractivity contribution in [2.45, 2.75) is 33.4 Å². The first-order valence-electron chi connectivity index (χ1n) is 6.54. The van der Waals surface area contributed by atoms with E-state index in [1.807, 2.05) is 13.0 Å². The Kier molecular flexibility index (Phi) is 3.83. The summed E-state index contributed by atoms with van der Waals surface area (Å²) >= 11 is 0.